The van der Waals surface area contributed by atoms with Crippen molar-refractivity contribution in [3.8, 4) is 0 Å². The zero-order valence-corrected chi connectivity index (χ0v) is 8.03. The van der Waals surface area contributed by atoms with Gasteiger partial charge in [0, 0.05) is 12.6 Å². The highest BCUT2D eigenvalue weighted by atomic mass is 16.6. The van der Waals surface area contributed by atoms with Crippen LogP contribution < -0.4 is 10.8 Å². The second kappa shape index (κ2) is 5.74. The largest absolute Gasteiger partial charge is 0.480 e. The van der Waals surface area contributed by atoms with Crippen molar-refractivity contribution in [3.63, 3.8) is 0 Å². The standard InChI is InChI=1S/C9H16N2O3/c1-2-5-14-11-7-3-4-8(9(12)13)10-6-7/h2,7-8,10-11H,1,3-6H2,(H,12,13)/t7-,8+/m1/s1. The van der Waals surface area contributed by atoms with Crippen LogP contribution in [0.4, 0.5) is 0 Å². The van der Waals surface area contributed by atoms with E-state index in [-0.39, 0.29) is 6.04 Å². The molecule has 0 aromatic carbocycles. The number of hydroxylamine groups is 1. The number of piperidine rings is 1. The highest BCUT2D eigenvalue weighted by Crippen LogP contribution is 2.08. The molecule has 5 heteroatoms. The summed E-state index contributed by atoms with van der Waals surface area (Å²) < 4.78 is 0. The van der Waals surface area contributed by atoms with Gasteiger partial charge in [-0.2, -0.15) is 5.48 Å². The zero-order chi connectivity index (χ0) is 10.4. The molecule has 2 atom stereocenters. The summed E-state index contributed by atoms with van der Waals surface area (Å²) in [6, 6.07) is -0.224. The molecule has 0 unspecified atom stereocenters. The van der Waals surface area contributed by atoms with Crippen LogP contribution >= 0.6 is 0 Å². The van der Waals surface area contributed by atoms with Crippen molar-refractivity contribution in [2.45, 2.75) is 24.9 Å². The van der Waals surface area contributed by atoms with E-state index in [0.717, 1.165) is 6.42 Å². The third-order valence-corrected chi connectivity index (χ3v) is 2.16. The zero-order valence-electron chi connectivity index (χ0n) is 8.03. The Morgan fingerprint density at radius 3 is 3.00 bits per heavy atom. The van der Waals surface area contributed by atoms with Gasteiger partial charge in [-0.05, 0) is 12.8 Å². The van der Waals surface area contributed by atoms with Gasteiger partial charge in [0.1, 0.15) is 6.04 Å². The van der Waals surface area contributed by atoms with Gasteiger partial charge in [-0.15, -0.1) is 6.58 Å². The molecule has 14 heavy (non-hydrogen) atoms. The monoisotopic (exact) mass is 200 g/mol. The summed E-state index contributed by atoms with van der Waals surface area (Å²) in [6.45, 7) is 4.60. The van der Waals surface area contributed by atoms with E-state index in [1.54, 1.807) is 6.08 Å². The number of hydrogen-bond acceptors (Lipinski definition) is 4. The minimum Gasteiger partial charge on any atom is -0.480 e. The normalized spacial score (nSPS) is 27.1. The second-order valence-electron chi connectivity index (χ2n) is 3.29. The van der Waals surface area contributed by atoms with E-state index in [1.807, 2.05) is 0 Å². The maximum atomic E-state index is 10.6. The maximum Gasteiger partial charge on any atom is 0.320 e. The summed E-state index contributed by atoms with van der Waals surface area (Å²) in [6.07, 6.45) is 3.09. The van der Waals surface area contributed by atoms with Gasteiger partial charge in [-0.25, -0.2) is 0 Å². The first-order chi connectivity index (χ1) is 6.74. The van der Waals surface area contributed by atoms with Crippen LogP contribution in [0.1, 0.15) is 12.8 Å². The minimum atomic E-state index is -0.782. The molecule has 1 aliphatic rings. The third-order valence-electron chi connectivity index (χ3n) is 2.16. The van der Waals surface area contributed by atoms with Crippen LogP contribution in [0, 0.1) is 0 Å². The topological polar surface area (TPSA) is 70.6 Å². The fourth-order valence-corrected chi connectivity index (χ4v) is 1.39. The summed E-state index contributed by atoms with van der Waals surface area (Å²) in [4.78, 5) is 15.7. The van der Waals surface area contributed by atoms with E-state index < -0.39 is 12.0 Å². The molecular formula is C9H16N2O3. The first-order valence-corrected chi connectivity index (χ1v) is 4.68. The molecule has 1 heterocycles. The first-order valence-electron chi connectivity index (χ1n) is 4.68. The Labute approximate surface area is 83.1 Å². The quantitative estimate of drug-likeness (QED) is 0.328. The van der Waals surface area contributed by atoms with Crippen molar-refractivity contribution < 1.29 is 14.7 Å². The van der Waals surface area contributed by atoms with E-state index in [2.05, 4.69) is 17.4 Å². The predicted octanol–water partition coefficient (Wildman–Crippen LogP) is -0.101. The van der Waals surface area contributed by atoms with Gasteiger partial charge in [-0.1, -0.05) is 6.08 Å². The first kappa shape index (κ1) is 11.2. The Morgan fingerprint density at radius 2 is 2.50 bits per heavy atom. The van der Waals surface area contributed by atoms with E-state index in [0.29, 0.717) is 19.6 Å². The number of rotatable bonds is 5. The molecule has 5 nitrogen and oxygen atoms in total. The molecule has 1 aliphatic heterocycles. The fourth-order valence-electron chi connectivity index (χ4n) is 1.39. The summed E-state index contributed by atoms with van der Waals surface area (Å²) >= 11 is 0. The Hall–Kier alpha value is -0.910. The van der Waals surface area contributed by atoms with E-state index in [9.17, 15) is 4.79 Å². The van der Waals surface area contributed by atoms with Gasteiger partial charge in [0.25, 0.3) is 0 Å². The molecule has 1 saturated heterocycles. The van der Waals surface area contributed by atoms with Crippen molar-refractivity contribution in [2.75, 3.05) is 13.2 Å². The van der Waals surface area contributed by atoms with Crippen LogP contribution in [0.25, 0.3) is 0 Å². The SMILES string of the molecule is C=CCON[C@@H]1CC[C@@H](C(=O)O)NC1. The summed E-state index contributed by atoms with van der Waals surface area (Å²) in [5, 5.41) is 11.6. The van der Waals surface area contributed by atoms with E-state index in [1.165, 1.54) is 0 Å². The molecule has 0 spiro atoms. The molecule has 0 saturated carbocycles. The van der Waals surface area contributed by atoms with Gasteiger partial charge in [0.15, 0.2) is 0 Å². The molecule has 0 bridgehead atoms. The lowest BCUT2D eigenvalue weighted by Gasteiger charge is -2.27. The predicted molar refractivity (Wildman–Crippen MR) is 51.7 cm³/mol. The molecule has 0 amide bonds. The van der Waals surface area contributed by atoms with Crippen molar-refractivity contribution in [3.05, 3.63) is 12.7 Å². The molecular weight excluding hydrogens is 184 g/mol. The molecule has 3 N–H and O–H groups in total. The van der Waals surface area contributed by atoms with Gasteiger partial charge in [-0.3, -0.25) is 9.63 Å². The van der Waals surface area contributed by atoms with Crippen LogP contribution in [0.5, 0.6) is 0 Å². The smallest absolute Gasteiger partial charge is 0.320 e. The third kappa shape index (κ3) is 3.45. The summed E-state index contributed by atoms with van der Waals surface area (Å²) in [5.74, 6) is -0.782. The van der Waals surface area contributed by atoms with Crippen LogP contribution in [0.2, 0.25) is 0 Å². The number of carboxylic acid groups (broad SMARTS) is 1. The van der Waals surface area contributed by atoms with Crippen molar-refractivity contribution in [1.82, 2.24) is 10.8 Å². The molecule has 0 aromatic heterocycles. The van der Waals surface area contributed by atoms with Crippen LogP contribution in [-0.2, 0) is 9.63 Å². The average Bonchev–Trinajstić information content (AvgIpc) is 2.19. The molecule has 1 rings (SSSR count). The van der Waals surface area contributed by atoms with Gasteiger partial charge < -0.3 is 10.4 Å². The van der Waals surface area contributed by atoms with Crippen molar-refractivity contribution >= 4 is 5.97 Å². The Bertz CT molecular complexity index is 200. The highest BCUT2D eigenvalue weighted by molar-refractivity contribution is 5.73. The fraction of sp³-hybridized carbons (Fsp3) is 0.667. The molecule has 0 aromatic rings. The molecule has 80 valence electrons. The van der Waals surface area contributed by atoms with Gasteiger partial charge in [0.2, 0.25) is 0 Å². The van der Waals surface area contributed by atoms with Crippen molar-refractivity contribution in [2.24, 2.45) is 0 Å². The average molecular weight is 200 g/mol. The highest BCUT2D eigenvalue weighted by Gasteiger charge is 2.24. The van der Waals surface area contributed by atoms with Crippen molar-refractivity contribution in [1.29, 1.82) is 0 Å². The lowest BCUT2D eigenvalue weighted by atomic mass is 10.0. The minimum absolute atomic E-state index is 0.186. The number of carbonyl (C=O) groups is 1. The maximum absolute atomic E-state index is 10.6. The van der Waals surface area contributed by atoms with Crippen LogP contribution in [0.15, 0.2) is 12.7 Å². The Balaban J connectivity index is 2.15. The Morgan fingerprint density at radius 1 is 1.71 bits per heavy atom. The number of aliphatic carboxylic acids is 1. The van der Waals surface area contributed by atoms with Crippen LogP contribution in [0.3, 0.4) is 0 Å². The van der Waals surface area contributed by atoms with Gasteiger partial charge >= 0.3 is 5.97 Å². The molecule has 0 radical (unpaired) electrons. The van der Waals surface area contributed by atoms with E-state index in [4.69, 9.17) is 9.94 Å². The van der Waals surface area contributed by atoms with Crippen LogP contribution in [-0.4, -0.2) is 36.3 Å². The van der Waals surface area contributed by atoms with E-state index >= 15 is 0 Å². The number of carboxylic acids is 1. The Kier molecular flexibility index (Phi) is 4.58. The number of hydrogen-bond donors (Lipinski definition) is 3. The summed E-state index contributed by atoms with van der Waals surface area (Å²) in [5.41, 5.74) is 2.86. The van der Waals surface area contributed by atoms with Gasteiger partial charge in [0.05, 0.1) is 6.61 Å². The number of nitrogens with one attached hydrogen (secondary N) is 2. The lowest BCUT2D eigenvalue weighted by molar-refractivity contribution is -0.140. The summed E-state index contributed by atoms with van der Waals surface area (Å²) in [7, 11) is 0. The second-order valence-corrected chi connectivity index (χ2v) is 3.29. The lowest BCUT2D eigenvalue weighted by Crippen LogP contribution is -2.50. The molecule has 0 aliphatic carbocycles. The molecule has 1 fully saturated rings.